The number of hydrogen-bond donors (Lipinski definition) is 2. The van der Waals surface area contributed by atoms with E-state index in [1.165, 1.54) is 0 Å². The SMILES string of the molecule is Cc1cc(C)c(/C(N)=N/O)c(N2CCC(C(C)(C)C)C2)n1. The van der Waals surface area contributed by atoms with Crippen molar-refractivity contribution < 1.29 is 5.21 Å². The van der Waals surface area contributed by atoms with E-state index in [0.717, 1.165) is 42.1 Å². The maximum absolute atomic E-state index is 9.05. The van der Waals surface area contributed by atoms with Gasteiger partial charge in [-0.15, -0.1) is 0 Å². The van der Waals surface area contributed by atoms with E-state index in [-0.39, 0.29) is 11.3 Å². The summed E-state index contributed by atoms with van der Waals surface area (Å²) in [6.45, 7) is 12.7. The van der Waals surface area contributed by atoms with Gasteiger partial charge < -0.3 is 15.8 Å². The molecule has 0 saturated carbocycles. The summed E-state index contributed by atoms with van der Waals surface area (Å²) in [6.07, 6.45) is 1.15. The summed E-state index contributed by atoms with van der Waals surface area (Å²) in [5, 5.41) is 12.2. The molecule has 2 rings (SSSR count). The minimum absolute atomic E-state index is 0.134. The molecule has 1 aromatic rings. The summed E-state index contributed by atoms with van der Waals surface area (Å²) in [4.78, 5) is 6.92. The number of rotatable bonds is 2. The number of pyridine rings is 1. The number of amidine groups is 1. The molecule has 0 aliphatic carbocycles. The van der Waals surface area contributed by atoms with E-state index in [4.69, 9.17) is 10.9 Å². The van der Waals surface area contributed by atoms with Crippen LogP contribution in [0, 0.1) is 25.2 Å². The van der Waals surface area contributed by atoms with Gasteiger partial charge in [-0.1, -0.05) is 25.9 Å². The van der Waals surface area contributed by atoms with Crippen LogP contribution in [-0.2, 0) is 0 Å². The molecule has 1 aromatic heterocycles. The summed E-state index contributed by atoms with van der Waals surface area (Å²) in [7, 11) is 0. The van der Waals surface area contributed by atoms with Gasteiger partial charge in [0.1, 0.15) is 5.82 Å². The zero-order valence-corrected chi connectivity index (χ0v) is 13.6. The lowest BCUT2D eigenvalue weighted by Crippen LogP contribution is -2.29. The first-order valence-electron chi connectivity index (χ1n) is 7.45. The van der Waals surface area contributed by atoms with Gasteiger partial charge in [0.05, 0.1) is 5.56 Å². The van der Waals surface area contributed by atoms with Crippen LogP contribution in [0.4, 0.5) is 5.82 Å². The highest BCUT2D eigenvalue weighted by molar-refractivity contribution is 6.02. The lowest BCUT2D eigenvalue weighted by Gasteiger charge is -2.28. The quantitative estimate of drug-likeness (QED) is 0.380. The van der Waals surface area contributed by atoms with Crippen molar-refractivity contribution in [2.45, 2.75) is 41.0 Å². The van der Waals surface area contributed by atoms with Crippen LogP contribution in [0.15, 0.2) is 11.2 Å². The fraction of sp³-hybridized carbons (Fsp3) is 0.625. The molecule has 1 aliphatic rings. The number of nitrogens with zero attached hydrogens (tertiary/aromatic N) is 3. The van der Waals surface area contributed by atoms with Crippen LogP contribution >= 0.6 is 0 Å². The third-order valence-corrected chi connectivity index (χ3v) is 4.40. The number of nitrogens with two attached hydrogens (primary N) is 1. The van der Waals surface area contributed by atoms with Crippen LogP contribution in [0.1, 0.15) is 44.0 Å². The molecule has 3 N–H and O–H groups in total. The second kappa shape index (κ2) is 5.54. The molecule has 0 aromatic carbocycles. The van der Waals surface area contributed by atoms with E-state index in [1.54, 1.807) is 0 Å². The molecule has 1 aliphatic heterocycles. The summed E-state index contributed by atoms with van der Waals surface area (Å²) in [5.41, 5.74) is 8.84. The molecule has 0 radical (unpaired) electrons. The van der Waals surface area contributed by atoms with Crippen molar-refractivity contribution in [1.82, 2.24) is 4.98 Å². The Labute approximate surface area is 126 Å². The number of hydrogen-bond acceptors (Lipinski definition) is 4. The molecule has 0 bridgehead atoms. The fourth-order valence-corrected chi connectivity index (χ4v) is 3.07. The maximum atomic E-state index is 9.05. The smallest absolute Gasteiger partial charge is 0.174 e. The fourth-order valence-electron chi connectivity index (χ4n) is 3.07. The molecular weight excluding hydrogens is 264 g/mol. The lowest BCUT2D eigenvalue weighted by atomic mass is 9.80. The van der Waals surface area contributed by atoms with Gasteiger partial charge in [-0.25, -0.2) is 4.98 Å². The maximum Gasteiger partial charge on any atom is 0.174 e. The molecule has 116 valence electrons. The predicted molar refractivity (Wildman–Crippen MR) is 86.0 cm³/mol. The van der Waals surface area contributed by atoms with Gasteiger partial charge in [-0.05, 0) is 43.2 Å². The molecule has 1 unspecified atom stereocenters. The highest BCUT2D eigenvalue weighted by Crippen LogP contribution is 2.36. The Hall–Kier alpha value is -1.78. The van der Waals surface area contributed by atoms with Gasteiger partial charge in [-0.3, -0.25) is 0 Å². The van der Waals surface area contributed by atoms with Crippen LogP contribution in [0.25, 0.3) is 0 Å². The normalized spacial score (nSPS) is 20.1. The third kappa shape index (κ3) is 3.12. The van der Waals surface area contributed by atoms with Gasteiger partial charge in [0, 0.05) is 18.8 Å². The molecule has 5 nitrogen and oxygen atoms in total. The average Bonchev–Trinajstić information content (AvgIpc) is 2.86. The zero-order valence-electron chi connectivity index (χ0n) is 13.6. The minimum Gasteiger partial charge on any atom is -0.409 e. The average molecular weight is 290 g/mol. The first-order chi connectivity index (χ1) is 9.74. The van der Waals surface area contributed by atoms with Gasteiger partial charge in [0.25, 0.3) is 0 Å². The Morgan fingerprint density at radius 1 is 1.43 bits per heavy atom. The van der Waals surface area contributed by atoms with Crippen molar-refractivity contribution in [1.29, 1.82) is 0 Å². The molecule has 0 amide bonds. The van der Waals surface area contributed by atoms with Crippen molar-refractivity contribution in [3.05, 3.63) is 22.9 Å². The van der Waals surface area contributed by atoms with Crippen LogP contribution in [-0.4, -0.2) is 29.1 Å². The highest BCUT2D eigenvalue weighted by Gasteiger charge is 2.33. The highest BCUT2D eigenvalue weighted by atomic mass is 16.4. The van der Waals surface area contributed by atoms with Crippen molar-refractivity contribution in [2.75, 3.05) is 18.0 Å². The molecule has 1 fully saturated rings. The lowest BCUT2D eigenvalue weighted by molar-refractivity contribution is 0.263. The number of aromatic nitrogens is 1. The van der Waals surface area contributed by atoms with E-state index in [9.17, 15) is 0 Å². The first-order valence-corrected chi connectivity index (χ1v) is 7.45. The molecule has 1 saturated heterocycles. The van der Waals surface area contributed by atoms with Crippen LogP contribution in [0.3, 0.4) is 0 Å². The van der Waals surface area contributed by atoms with Gasteiger partial charge in [-0.2, -0.15) is 0 Å². The first kappa shape index (κ1) is 15.6. The zero-order chi connectivity index (χ0) is 15.8. The number of aryl methyl sites for hydroxylation is 2. The molecule has 5 heteroatoms. The Morgan fingerprint density at radius 2 is 2.10 bits per heavy atom. The Kier molecular flexibility index (Phi) is 4.12. The largest absolute Gasteiger partial charge is 0.409 e. The van der Waals surface area contributed by atoms with Crippen molar-refractivity contribution in [2.24, 2.45) is 22.2 Å². The predicted octanol–water partition coefficient (Wildman–Crippen LogP) is 2.67. The van der Waals surface area contributed by atoms with Gasteiger partial charge >= 0.3 is 0 Å². The van der Waals surface area contributed by atoms with Crippen molar-refractivity contribution in [3.8, 4) is 0 Å². The summed E-state index contributed by atoms with van der Waals surface area (Å²) >= 11 is 0. The second-order valence-corrected chi connectivity index (χ2v) is 7.06. The van der Waals surface area contributed by atoms with Crippen molar-refractivity contribution >= 4 is 11.7 Å². The third-order valence-electron chi connectivity index (χ3n) is 4.40. The van der Waals surface area contributed by atoms with E-state index in [1.807, 2.05) is 19.9 Å². The van der Waals surface area contributed by atoms with Crippen LogP contribution in [0.5, 0.6) is 0 Å². The Morgan fingerprint density at radius 3 is 2.62 bits per heavy atom. The Bertz CT molecular complexity index is 560. The van der Waals surface area contributed by atoms with Crippen molar-refractivity contribution in [3.63, 3.8) is 0 Å². The standard InChI is InChI=1S/C16H26N4O/c1-10-8-11(2)18-15(13(10)14(17)19-21)20-7-6-12(9-20)16(3,4)5/h8,12,21H,6-7,9H2,1-5H3,(H2,17,19). The minimum atomic E-state index is 0.134. The molecular formula is C16H26N4O. The topological polar surface area (TPSA) is 74.7 Å². The molecule has 21 heavy (non-hydrogen) atoms. The molecule has 2 heterocycles. The molecule has 1 atom stereocenters. The number of anilines is 1. The summed E-state index contributed by atoms with van der Waals surface area (Å²) < 4.78 is 0. The Balaban J connectivity index is 2.41. The van der Waals surface area contributed by atoms with Crippen LogP contribution in [0.2, 0.25) is 0 Å². The summed E-state index contributed by atoms with van der Waals surface area (Å²) in [5.74, 6) is 1.60. The van der Waals surface area contributed by atoms with E-state index >= 15 is 0 Å². The van der Waals surface area contributed by atoms with E-state index < -0.39 is 0 Å². The monoisotopic (exact) mass is 290 g/mol. The summed E-state index contributed by atoms with van der Waals surface area (Å²) in [6, 6.07) is 1.97. The van der Waals surface area contributed by atoms with E-state index in [2.05, 4.69) is 35.8 Å². The number of oxime groups is 1. The molecule has 0 spiro atoms. The van der Waals surface area contributed by atoms with Gasteiger partial charge in [0.2, 0.25) is 0 Å². The van der Waals surface area contributed by atoms with Gasteiger partial charge in [0.15, 0.2) is 5.84 Å². The second-order valence-electron chi connectivity index (χ2n) is 7.06. The van der Waals surface area contributed by atoms with Crippen LogP contribution < -0.4 is 10.6 Å². The van der Waals surface area contributed by atoms with E-state index in [0.29, 0.717) is 5.92 Å².